The van der Waals surface area contributed by atoms with Gasteiger partial charge in [-0.15, -0.1) is 6.58 Å². The topological polar surface area (TPSA) is 50.5 Å². The predicted octanol–water partition coefficient (Wildman–Crippen LogP) is 1.06. The maximum absolute atomic E-state index is 10.0. The smallest absolute Gasteiger partial charge is 0.162 e. The van der Waals surface area contributed by atoms with Crippen molar-refractivity contribution < 1.29 is 9.84 Å². The van der Waals surface area contributed by atoms with E-state index in [1.807, 2.05) is 14.1 Å². The first-order valence-electron chi connectivity index (χ1n) is 5.63. The largest absolute Gasteiger partial charge is 0.493 e. The molecule has 1 rings (SSSR count). The molecule has 0 radical (unpaired) electrons. The fraction of sp³-hybridized carbons (Fsp3) is 0.583. The van der Waals surface area contributed by atoms with Crippen LogP contribution in [0.25, 0.3) is 0 Å². The normalized spacial score (nSPS) is 12.8. The molecule has 0 aliphatic carbocycles. The van der Waals surface area contributed by atoms with Crippen molar-refractivity contribution in [2.24, 2.45) is 0 Å². The van der Waals surface area contributed by atoms with E-state index < -0.39 is 6.10 Å². The van der Waals surface area contributed by atoms with Gasteiger partial charge in [0.1, 0.15) is 11.8 Å². The van der Waals surface area contributed by atoms with Crippen LogP contribution in [0.5, 0.6) is 5.75 Å². The Kier molecular flexibility index (Phi) is 5.18. The van der Waals surface area contributed by atoms with Crippen LogP contribution in [-0.4, -0.2) is 47.5 Å². The second kappa shape index (κ2) is 6.42. The molecule has 0 saturated carbocycles. The molecule has 1 unspecified atom stereocenters. The molecule has 5 heteroatoms. The first-order chi connectivity index (χ1) is 8.10. The fourth-order valence-corrected chi connectivity index (χ4v) is 1.61. The van der Waals surface area contributed by atoms with Gasteiger partial charge in [0.05, 0.1) is 19.9 Å². The molecular formula is C12H21N3O2. The van der Waals surface area contributed by atoms with Crippen LogP contribution in [0.15, 0.2) is 18.9 Å². The Balaban J connectivity index is 2.88. The summed E-state index contributed by atoms with van der Waals surface area (Å²) < 4.78 is 6.99. The number of methoxy groups -OCH3 is 1. The number of nitrogens with zero attached hydrogens (tertiary/aromatic N) is 3. The van der Waals surface area contributed by atoms with Gasteiger partial charge in [-0.2, -0.15) is 5.10 Å². The molecule has 0 spiro atoms. The minimum Gasteiger partial charge on any atom is -0.493 e. The lowest BCUT2D eigenvalue weighted by atomic mass is 10.1. The summed E-state index contributed by atoms with van der Waals surface area (Å²) >= 11 is 0. The molecule has 0 aromatic carbocycles. The van der Waals surface area contributed by atoms with Crippen LogP contribution < -0.4 is 4.74 Å². The van der Waals surface area contributed by atoms with Gasteiger partial charge in [0.2, 0.25) is 0 Å². The summed E-state index contributed by atoms with van der Waals surface area (Å²) in [5.41, 5.74) is 0.717. The number of hydrogen-bond donors (Lipinski definition) is 1. The number of likely N-dealkylation sites (N-methyl/N-ethyl adjacent to an activating group) is 1. The Morgan fingerprint density at radius 2 is 2.35 bits per heavy atom. The van der Waals surface area contributed by atoms with Crippen LogP contribution in [0.2, 0.25) is 0 Å². The highest BCUT2D eigenvalue weighted by atomic mass is 16.5. The summed E-state index contributed by atoms with van der Waals surface area (Å²) in [6.45, 7) is 5.21. The highest BCUT2D eigenvalue weighted by Crippen LogP contribution is 2.27. The molecule has 0 aliphatic heterocycles. The Labute approximate surface area is 102 Å². The van der Waals surface area contributed by atoms with Gasteiger partial charge < -0.3 is 14.7 Å². The van der Waals surface area contributed by atoms with Gasteiger partial charge in [-0.1, -0.05) is 6.08 Å². The lowest BCUT2D eigenvalue weighted by molar-refractivity contribution is 0.164. The molecule has 0 amide bonds. The minimum absolute atomic E-state index is 0.490. The molecule has 17 heavy (non-hydrogen) atoms. The molecule has 1 atom stereocenters. The van der Waals surface area contributed by atoms with Gasteiger partial charge in [-0.25, -0.2) is 0 Å². The van der Waals surface area contributed by atoms with Crippen molar-refractivity contribution in [2.45, 2.75) is 19.1 Å². The summed E-state index contributed by atoms with van der Waals surface area (Å²) in [5.74, 6) is 0.623. The highest BCUT2D eigenvalue weighted by Gasteiger charge is 2.18. The molecule has 0 bridgehead atoms. The second-order valence-electron chi connectivity index (χ2n) is 4.16. The average molecular weight is 239 g/mol. The maximum Gasteiger partial charge on any atom is 0.162 e. The van der Waals surface area contributed by atoms with Crippen LogP contribution in [0.1, 0.15) is 18.2 Å². The van der Waals surface area contributed by atoms with Crippen LogP contribution in [0.4, 0.5) is 0 Å². The average Bonchev–Trinajstić information content (AvgIpc) is 2.69. The molecule has 1 N–H and O–H groups in total. The SMILES string of the molecule is C=CCC(O)c1c(OC)cnn1CCN(C)C. The third-order valence-electron chi connectivity index (χ3n) is 2.53. The van der Waals surface area contributed by atoms with Crippen LogP contribution in [0.3, 0.4) is 0 Å². The summed E-state index contributed by atoms with van der Waals surface area (Å²) in [7, 11) is 5.58. The third-order valence-corrected chi connectivity index (χ3v) is 2.53. The monoisotopic (exact) mass is 239 g/mol. The molecule has 0 aliphatic rings. The first-order valence-corrected chi connectivity index (χ1v) is 5.63. The van der Waals surface area contributed by atoms with E-state index in [0.29, 0.717) is 17.9 Å². The van der Waals surface area contributed by atoms with E-state index in [9.17, 15) is 5.11 Å². The second-order valence-corrected chi connectivity index (χ2v) is 4.16. The standard InChI is InChI=1S/C12H21N3O2/c1-5-6-10(16)12-11(17-4)9-13-15(12)8-7-14(2)3/h5,9-10,16H,1,6-8H2,2-4H3. The molecule has 1 aromatic heterocycles. The van der Waals surface area contributed by atoms with Crippen molar-refractivity contribution in [2.75, 3.05) is 27.7 Å². The van der Waals surface area contributed by atoms with E-state index in [1.54, 1.807) is 24.1 Å². The maximum atomic E-state index is 10.0. The van der Waals surface area contributed by atoms with Gasteiger partial charge in [-0.3, -0.25) is 4.68 Å². The van der Waals surface area contributed by atoms with E-state index in [0.717, 1.165) is 13.1 Å². The first kappa shape index (κ1) is 13.7. The zero-order valence-electron chi connectivity index (χ0n) is 10.8. The molecule has 5 nitrogen and oxygen atoms in total. The number of hydrogen-bond acceptors (Lipinski definition) is 4. The minimum atomic E-state index is -0.618. The van der Waals surface area contributed by atoms with Gasteiger partial charge in [0.25, 0.3) is 0 Å². The zero-order valence-corrected chi connectivity index (χ0v) is 10.8. The number of aliphatic hydroxyl groups is 1. The van der Waals surface area contributed by atoms with Gasteiger partial charge in [-0.05, 0) is 20.5 Å². The molecular weight excluding hydrogens is 218 g/mol. The molecule has 0 saturated heterocycles. The summed E-state index contributed by atoms with van der Waals surface area (Å²) in [4.78, 5) is 2.07. The van der Waals surface area contributed by atoms with E-state index in [2.05, 4.69) is 16.6 Å². The van der Waals surface area contributed by atoms with E-state index in [1.165, 1.54) is 0 Å². The summed E-state index contributed by atoms with van der Waals surface area (Å²) in [6, 6.07) is 0. The van der Waals surface area contributed by atoms with Crippen molar-refractivity contribution in [1.29, 1.82) is 0 Å². The van der Waals surface area contributed by atoms with Crippen LogP contribution in [0, 0.1) is 0 Å². The fourth-order valence-electron chi connectivity index (χ4n) is 1.61. The third kappa shape index (κ3) is 3.57. The highest BCUT2D eigenvalue weighted by molar-refractivity contribution is 5.27. The van der Waals surface area contributed by atoms with Crippen molar-refractivity contribution in [3.63, 3.8) is 0 Å². The lowest BCUT2D eigenvalue weighted by Gasteiger charge is -2.15. The Bertz CT molecular complexity index is 361. The van der Waals surface area contributed by atoms with Gasteiger partial charge >= 0.3 is 0 Å². The zero-order chi connectivity index (χ0) is 12.8. The number of rotatable bonds is 7. The van der Waals surface area contributed by atoms with Crippen molar-refractivity contribution >= 4 is 0 Å². The van der Waals surface area contributed by atoms with Gasteiger partial charge in [0.15, 0.2) is 5.75 Å². The van der Waals surface area contributed by atoms with E-state index in [4.69, 9.17) is 4.74 Å². The molecule has 0 fully saturated rings. The van der Waals surface area contributed by atoms with Crippen molar-refractivity contribution in [3.05, 3.63) is 24.5 Å². The summed E-state index contributed by atoms with van der Waals surface area (Å²) in [6.07, 6.45) is 3.20. The number of aromatic nitrogens is 2. The van der Waals surface area contributed by atoms with Gasteiger partial charge in [0, 0.05) is 6.54 Å². The van der Waals surface area contributed by atoms with Crippen molar-refractivity contribution in [1.82, 2.24) is 14.7 Å². The predicted molar refractivity (Wildman–Crippen MR) is 67.1 cm³/mol. The van der Waals surface area contributed by atoms with Crippen LogP contribution >= 0.6 is 0 Å². The molecule has 1 aromatic rings. The molecule has 96 valence electrons. The van der Waals surface area contributed by atoms with E-state index >= 15 is 0 Å². The summed E-state index contributed by atoms with van der Waals surface area (Å²) in [5, 5.41) is 14.3. The quantitative estimate of drug-likeness (QED) is 0.723. The Morgan fingerprint density at radius 1 is 1.65 bits per heavy atom. The van der Waals surface area contributed by atoms with Crippen molar-refractivity contribution in [3.8, 4) is 5.75 Å². The number of aliphatic hydroxyl groups excluding tert-OH is 1. The molecule has 1 heterocycles. The number of ether oxygens (including phenoxy) is 1. The Hall–Kier alpha value is -1.33. The lowest BCUT2D eigenvalue weighted by Crippen LogP contribution is -2.21. The van der Waals surface area contributed by atoms with Crippen LogP contribution in [-0.2, 0) is 6.54 Å². The van der Waals surface area contributed by atoms with E-state index in [-0.39, 0.29) is 0 Å². The Morgan fingerprint density at radius 3 is 2.88 bits per heavy atom.